The highest BCUT2D eigenvalue weighted by molar-refractivity contribution is 5.09. The van der Waals surface area contributed by atoms with Crippen LogP contribution in [0.25, 0.3) is 0 Å². The van der Waals surface area contributed by atoms with E-state index in [9.17, 15) is 13.2 Å². The van der Waals surface area contributed by atoms with Crippen molar-refractivity contribution in [2.75, 3.05) is 0 Å². The van der Waals surface area contributed by atoms with E-state index in [0.717, 1.165) is 6.07 Å². The number of hydrogen-bond donors (Lipinski definition) is 2. The molecule has 0 aliphatic heterocycles. The largest absolute Gasteiger partial charge is 0.455 e. The zero-order valence-corrected chi connectivity index (χ0v) is 8.48. The molecule has 0 aliphatic rings. The molecule has 6 heteroatoms. The van der Waals surface area contributed by atoms with E-state index in [1.54, 1.807) is 0 Å². The zero-order valence-electron chi connectivity index (χ0n) is 8.48. The Morgan fingerprint density at radius 1 is 1.33 bits per heavy atom. The van der Waals surface area contributed by atoms with Crippen LogP contribution in [0.3, 0.4) is 0 Å². The summed E-state index contributed by atoms with van der Waals surface area (Å²) in [6.45, 7) is 4.04. The molecule has 15 heavy (non-hydrogen) atoms. The zero-order chi connectivity index (χ0) is 11.5. The summed E-state index contributed by atoms with van der Waals surface area (Å²) in [5.74, 6) is -0.723. The predicted molar refractivity (Wildman–Crippen MR) is 48.8 cm³/mol. The van der Waals surface area contributed by atoms with Crippen molar-refractivity contribution in [1.29, 1.82) is 0 Å². The third-order valence-corrected chi connectivity index (χ3v) is 1.59. The second kappa shape index (κ2) is 4.67. The average molecular weight is 222 g/mol. The Labute approximate surface area is 85.6 Å². The minimum absolute atomic E-state index is 0.210. The summed E-state index contributed by atoms with van der Waals surface area (Å²) in [7, 11) is 0. The first kappa shape index (κ1) is 12.1. The molecule has 0 bridgehead atoms. The summed E-state index contributed by atoms with van der Waals surface area (Å²) >= 11 is 0. The van der Waals surface area contributed by atoms with Crippen LogP contribution in [-0.4, -0.2) is 6.04 Å². The number of halogens is 3. The van der Waals surface area contributed by atoms with Gasteiger partial charge >= 0.3 is 6.18 Å². The van der Waals surface area contributed by atoms with Gasteiger partial charge in [0.2, 0.25) is 5.76 Å². The van der Waals surface area contributed by atoms with Crippen LogP contribution in [0.2, 0.25) is 0 Å². The molecule has 0 atom stereocenters. The van der Waals surface area contributed by atoms with Gasteiger partial charge < -0.3 is 4.42 Å². The quantitative estimate of drug-likeness (QED) is 0.767. The molecule has 0 unspecified atom stereocenters. The van der Waals surface area contributed by atoms with Crippen molar-refractivity contribution in [3.8, 4) is 0 Å². The minimum atomic E-state index is -4.41. The molecule has 0 aliphatic carbocycles. The van der Waals surface area contributed by atoms with Crippen LogP contribution < -0.4 is 10.9 Å². The van der Waals surface area contributed by atoms with Crippen LogP contribution in [0.5, 0.6) is 0 Å². The molecule has 0 radical (unpaired) electrons. The van der Waals surface area contributed by atoms with E-state index in [1.165, 1.54) is 6.07 Å². The number of hydrazine groups is 1. The number of alkyl halides is 3. The van der Waals surface area contributed by atoms with E-state index in [1.807, 2.05) is 13.8 Å². The Morgan fingerprint density at radius 2 is 2.00 bits per heavy atom. The first-order valence-electron chi connectivity index (χ1n) is 4.54. The van der Waals surface area contributed by atoms with Crippen molar-refractivity contribution in [3.05, 3.63) is 23.7 Å². The van der Waals surface area contributed by atoms with Crippen LogP contribution in [0, 0.1) is 0 Å². The third kappa shape index (κ3) is 3.93. The Hall–Kier alpha value is -1.01. The number of nitrogens with one attached hydrogen (secondary N) is 2. The number of rotatable bonds is 4. The molecule has 0 aromatic carbocycles. The lowest BCUT2D eigenvalue weighted by Crippen LogP contribution is -2.36. The highest BCUT2D eigenvalue weighted by atomic mass is 19.4. The van der Waals surface area contributed by atoms with Crippen molar-refractivity contribution < 1.29 is 17.6 Å². The monoisotopic (exact) mass is 222 g/mol. The highest BCUT2D eigenvalue weighted by Gasteiger charge is 2.34. The topological polar surface area (TPSA) is 37.2 Å². The van der Waals surface area contributed by atoms with Gasteiger partial charge in [-0.15, -0.1) is 0 Å². The first-order chi connectivity index (χ1) is 6.89. The van der Waals surface area contributed by atoms with Gasteiger partial charge in [-0.25, -0.2) is 0 Å². The van der Waals surface area contributed by atoms with Gasteiger partial charge in [-0.3, -0.25) is 10.9 Å². The maximum absolute atomic E-state index is 12.1. The highest BCUT2D eigenvalue weighted by Crippen LogP contribution is 2.30. The first-order valence-corrected chi connectivity index (χ1v) is 4.54. The number of hydrogen-bond acceptors (Lipinski definition) is 3. The van der Waals surface area contributed by atoms with Gasteiger partial charge in [0.25, 0.3) is 0 Å². The van der Waals surface area contributed by atoms with Crippen molar-refractivity contribution in [2.45, 2.75) is 32.6 Å². The molecule has 2 N–H and O–H groups in total. The predicted octanol–water partition coefficient (Wildman–Crippen LogP) is 2.30. The van der Waals surface area contributed by atoms with Gasteiger partial charge in [-0.1, -0.05) is 0 Å². The molecule has 0 fully saturated rings. The van der Waals surface area contributed by atoms with Crippen molar-refractivity contribution in [2.24, 2.45) is 0 Å². The Morgan fingerprint density at radius 3 is 2.47 bits per heavy atom. The Kier molecular flexibility index (Phi) is 3.76. The normalized spacial score (nSPS) is 12.4. The van der Waals surface area contributed by atoms with Crippen molar-refractivity contribution >= 4 is 0 Å². The minimum Gasteiger partial charge on any atom is -0.455 e. The fourth-order valence-corrected chi connectivity index (χ4v) is 0.968. The molecule has 0 spiro atoms. The van der Waals surface area contributed by atoms with E-state index < -0.39 is 11.9 Å². The van der Waals surface area contributed by atoms with Gasteiger partial charge in [0.1, 0.15) is 5.76 Å². The molecular weight excluding hydrogens is 209 g/mol. The second-order valence-electron chi connectivity index (χ2n) is 3.42. The molecular formula is C9H13F3N2O. The summed E-state index contributed by atoms with van der Waals surface area (Å²) in [5, 5.41) is 0. The van der Waals surface area contributed by atoms with Gasteiger partial charge in [0, 0.05) is 6.04 Å². The third-order valence-electron chi connectivity index (χ3n) is 1.59. The van der Waals surface area contributed by atoms with Gasteiger partial charge in [-0.05, 0) is 26.0 Å². The molecule has 1 heterocycles. The summed E-state index contributed by atoms with van der Waals surface area (Å²) in [6, 6.07) is 2.44. The molecule has 0 saturated heterocycles. The van der Waals surface area contributed by atoms with E-state index in [4.69, 9.17) is 0 Å². The molecule has 1 aromatic rings. The summed E-state index contributed by atoms with van der Waals surface area (Å²) in [4.78, 5) is 0. The Bertz CT molecular complexity index is 307. The van der Waals surface area contributed by atoms with Crippen LogP contribution in [0.4, 0.5) is 13.2 Å². The number of furan rings is 1. The van der Waals surface area contributed by atoms with E-state index >= 15 is 0 Å². The van der Waals surface area contributed by atoms with E-state index in [0.29, 0.717) is 0 Å². The van der Waals surface area contributed by atoms with E-state index in [2.05, 4.69) is 15.3 Å². The lowest BCUT2D eigenvalue weighted by atomic mass is 10.4. The molecule has 1 aromatic heterocycles. The van der Waals surface area contributed by atoms with Gasteiger partial charge in [0.15, 0.2) is 0 Å². The molecule has 1 rings (SSSR count). The summed E-state index contributed by atoms with van der Waals surface area (Å²) in [6.07, 6.45) is -4.41. The Balaban J connectivity index is 2.47. The summed E-state index contributed by atoms with van der Waals surface area (Å²) in [5.41, 5.74) is 5.61. The van der Waals surface area contributed by atoms with Crippen LogP contribution in [0.15, 0.2) is 16.5 Å². The van der Waals surface area contributed by atoms with Gasteiger partial charge in [-0.2, -0.15) is 13.2 Å². The maximum Gasteiger partial charge on any atom is 0.449 e. The SMILES string of the molecule is CC(C)NNCc1ccc(C(F)(F)F)o1. The maximum atomic E-state index is 12.1. The lowest BCUT2D eigenvalue weighted by molar-refractivity contribution is -0.153. The van der Waals surface area contributed by atoms with Crippen LogP contribution >= 0.6 is 0 Å². The standard InChI is InChI=1S/C9H13F3N2O/c1-6(2)14-13-5-7-3-4-8(15-7)9(10,11)12/h3-4,6,13-14H,5H2,1-2H3. The van der Waals surface area contributed by atoms with Crippen molar-refractivity contribution in [3.63, 3.8) is 0 Å². The fourth-order valence-electron chi connectivity index (χ4n) is 0.968. The molecule has 0 amide bonds. The van der Waals surface area contributed by atoms with Crippen molar-refractivity contribution in [1.82, 2.24) is 10.9 Å². The van der Waals surface area contributed by atoms with E-state index in [-0.39, 0.29) is 18.3 Å². The van der Waals surface area contributed by atoms with Gasteiger partial charge in [0.05, 0.1) is 6.54 Å². The molecule has 3 nitrogen and oxygen atoms in total. The summed E-state index contributed by atoms with van der Waals surface area (Å²) < 4.78 is 41.0. The average Bonchev–Trinajstić information content (AvgIpc) is 2.51. The smallest absolute Gasteiger partial charge is 0.449 e. The molecule has 86 valence electrons. The van der Waals surface area contributed by atoms with Crippen LogP contribution in [-0.2, 0) is 12.7 Å². The second-order valence-corrected chi connectivity index (χ2v) is 3.42. The molecule has 0 saturated carbocycles. The van der Waals surface area contributed by atoms with Crippen LogP contribution in [0.1, 0.15) is 25.4 Å². The fraction of sp³-hybridized carbons (Fsp3) is 0.556. The lowest BCUT2D eigenvalue weighted by Gasteiger charge is -2.08.